The van der Waals surface area contributed by atoms with Crippen LogP contribution in [0.4, 0.5) is 5.69 Å². The number of hydrogen-bond donors (Lipinski definition) is 1. The third-order valence-corrected chi connectivity index (χ3v) is 1.26. The molecule has 0 aliphatic rings. The van der Waals surface area contributed by atoms with Crippen molar-refractivity contribution in [3.8, 4) is 0 Å². The molecular weight excluding hydrogens is 128 g/mol. The summed E-state index contributed by atoms with van der Waals surface area (Å²) in [7, 11) is 0. The third kappa shape index (κ3) is 1.45. The van der Waals surface area contributed by atoms with E-state index in [1.807, 2.05) is 6.92 Å². The fourth-order valence-electron chi connectivity index (χ4n) is 0.699. The van der Waals surface area contributed by atoms with E-state index in [2.05, 4.69) is 4.98 Å². The van der Waals surface area contributed by atoms with Gasteiger partial charge in [0, 0.05) is 18.9 Å². The summed E-state index contributed by atoms with van der Waals surface area (Å²) in [4.78, 5) is 3.82. The first-order chi connectivity index (χ1) is 4.84. The molecule has 0 spiro atoms. The molecule has 3 heteroatoms. The van der Waals surface area contributed by atoms with E-state index in [-0.39, 0.29) is 0 Å². The Kier molecular flexibility index (Phi) is 2.23. The molecule has 0 aliphatic carbocycles. The lowest BCUT2D eigenvalue weighted by Gasteiger charge is -2.12. The zero-order chi connectivity index (χ0) is 7.40. The molecule has 0 aliphatic heterocycles. The molecule has 1 rings (SSSR count). The second kappa shape index (κ2) is 3.17. The third-order valence-electron chi connectivity index (χ3n) is 1.26. The first kappa shape index (κ1) is 7.02. The molecule has 0 unspecified atom stereocenters. The van der Waals surface area contributed by atoms with Crippen LogP contribution in [0.5, 0.6) is 0 Å². The predicted molar refractivity (Wildman–Crippen MR) is 39.0 cm³/mol. The minimum atomic E-state index is 0.587. The van der Waals surface area contributed by atoms with Gasteiger partial charge in [0.15, 0.2) is 0 Å². The van der Waals surface area contributed by atoms with Crippen LogP contribution in [0.3, 0.4) is 0 Å². The van der Waals surface area contributed by atoms with Gasteiger partial charge in [-0.1, -0.05) is 0 Å². The van der Waals surface area contributed by atoms with Crippen LogP contribution in [0, 0.1) is 0 Å². The maximum Gasteiger partial charge on any atom is 0.0664 e. The number of aromatic nitrogens is 1. The van der Waals surface area contributed by atoms with Crippen LogP contribution in [-0.2, 0) is 0 Å². The van der Waals surface area contributed by atoms with E-state index in [0.29, 0.717) is 6.54 Å². The molecule has 54 valence electrons. The smallest absolute Gasteiger partial charge is 0.0664 e. The molecule has 1 heterocycles. The molecule has 0 atom stereocenters. The van der Waals surface area contributed by atoms with Gasteiger partial charge >= 0.3 is 0 Å². The van der Waals surface area contributed by atoms with E-state index in [4.69, 9.17) is 5.21 Å². The summed E-state index contributed by atoms with van der Waals surface area (Å²) in [6, 6.07) is 3.51. The molecule has 1 N–H and O–H groups in total. The Hall–Kier alpha value is -1.09. The zero-order valence-corrected chi connectivity index (χ0v) is 5.86. The summed E-state index contributed by atoms with van der Waals surface area (Å²) in [5.74, 6) is 0. The van der Waals surface area contributed by atoms with Crippen molar-refractivity contribution in [2.24, 2.45) is 0 Å². The van der Waals surface area contributed by atoms with Crippen molar-refractivity contribution in [2.45, 2.75) is 6.92 Å². The Morgan fingerprint density at radius 3 is 2.60 bits per heavy atom. The van der Waals surface area contributed by atoms with Crippen LogP contribution in [0.2, 0.25) is 0 Å². The van der Waals surface area contributed by atoms with Crippen LogP contribution in [0.25, 0.3) is 0 Å². The molecule has 0 saturated heterocycles. The molecule has 10 heavy (non-hydrogen) atoms. The lowest BCUT2D eigenvalue weighted by Crippen LogP contribution is -2.16. The van der Waals surface area contributed by atoms with Gasteiger partial charge in [-0.05, 0) is 19.1 Å². The first-order valence-electron chi connectivity index (χ1n) is 3.21. The van der Waals surface area contributed by atoms with Crippen molar-refractivity contribution in [3.63, 3.8) is 0 Å². The van der Waals surface area contributed by atoms with Gasteiger partial charge in [-0.3, -0.25) is 15.3 Å². The fraction of sp³-hybridized carbons (Fsp3) is 0.286. The molecule has 0 aromatic carbocycles. The largest absolute Gasteiger partial charge is 0.288 e. The van der Waals surface area contributed by atoms with Crippen LogP contribution < -0.4 is 5.06 Å². The summed E-state index contributed by atoms with van der Waals surface area (Å²) in [5, 5.41) is 10.3. The Bertz CT molecular complexity index is 188. The molecule has 0 saturated carbocycles. The molecule has 0 bridgehead atoms. The van der Waals surface area contributed by atoms with Crippen molar-refractivity contribution < 1.29 is 5.21 Å². The summed E-state index contributed by atoms with van der Waals surface area (Å²) < 4.78 is 0. The number of nitrogens with zero attached hydrogens (tertiary/aromatic N) is 2. The van der Waals surface area contributed by atoms with Crippen molar-refractivity contribution >= 4 is 5.69 Å². The SMILES string of the molecule is CCN(O)c1ccncc1. The van der Waals surface area contributed by atoms with Gasteiger partial charge in [0.2, 0.25) is 0 Å². The number of pyridine rings is 1. The van der Waals surface area contributed by atoms with Gasteiger partial charge in [-0.25, -0.2) is 0 Å². The Balaban J connectivity index is 2.75. The average molecular weight is 138 g/mol. The topological polar surface area (TPSA) is 36.4 Å². The second-order valence-electron chi connectivity index (χ2n) is 1.92. The molecule has 0 amide bonds. The molecule has 0 fully saturated rings. The second-order valence-corrected chi connectivity index (χ2v) is 1.92. The number of hydrogen-bond acceptors (Lipinski definition) is 3. The Labute approximate surface area is 59.9 Å². The van der Waals surface area contributed by atoms with Crippen LogP contribution in [-0.4, -0.2) is 16.7 Å². The van der Waals surface area contributed by atoms with E-state index < -0.39 is 0 Å². The van der Waals surface area contributed by atoms with Crippen molar-refractivity contribution in [1.82, 2.24) is 4.98 Å². The normalized spacial score (nSPS) is 9.40. The van der Waals surface area contributed by atoms with Crippen molar-refractivity contribution in [3.05, 3.63) is 24.5 Å². The quantitative estimate of drug-likeness (QED) is 0.626. The first-order valence-corrected chi connectivity index (χ1v) is 3.21. The number of rotatable bonds is 2. The maximum atomic E-state index is 9.13. The summed E-state index contributed by atoms with van der Waals surface area (Å²) in [6.45, 7) is 2.46. The van der Waals surface area contributed by atoms with Gasteiger partial charge in [-0.2, -0.15) is 0 Å². The van der Waals surface area contributed by atoms with Gasteiger partial charge in [0.1, 0.15) is 0 Å². The molecule has 1 aromatic heterocycles. The lowest BCUT2D eigenvalue weighted by molar-refractivity contribution is 0.260. The standard InChI is InChI=1S/C7H10N2O/c1-2-9(10)7-3-5-8-6-4-7/h3-6,10H,2H2,1H3. The highest BCUT2D eigenvalue weighted by atomic mass is 16.5. The van der Waals surface area contributed by atoms with Crippen molar-refractivity contribution in [2.75, 3.05) is 11.6 Å². The predicted octanol–water partition coefficient (Wildman–Crippen LogP) is 1.30. The monoisotopic (exact) mass is 138 g/mol. The minimum absolute atomic E-state index is 0.587. The summed E-state index contributed by atoms with van der Waals surface area (Å²) >= 11 is 0. The summed E-state index contributed by atoms with van der Waals surface area (Å²) in [5.41, 5.74) is 0.775. The van der Waals surface area contributed by atoms with Crippen LogP contribution >= 0.6 is 0 Å². The van der Waals surface area contributed by atoms with Gasteiger partial charge < -0.3 is 0 Å². The Morgan fingerprint density at radius 2 is 2.10 bits per heavy atom. The lowest BCUT2D eigenvalue weighted by atomic mass is 10.4. The van der Waals surface area contributed by atoms with Crippen LogP contribution in [0.1, 0.15) is 6.92 Å². The molecule has 1 aromatic rings. The maximum absolute atomic E-state index is 9.13. The molecule has 3 nitrogen and oxygen atoms in total. The highest BCUT2D eigenvalue weighted by Gasteiger charge is 1.95. The van der Waals surface area contributed by atoms with E-state index in [1.165, 1.54) is 5.06 Å². The molecule has 0 radical (unpaired) electrons. The number of hydroxylamine groups is 1. The minimum Gasteiger partial charge on any atom is -0.288 e. The van der Waals surface area contributed by atoms with E-state index in [9.17, 15) is 0 Å². The highest BCUT2D eigenvalue weighted by molar-refractivity contribution is 5.40. The zero-order valence-electron chi connectivity index (χ0n) is 5.86. The van der Waals surface area contributed by atoms with E-state index >= 15 is 0 Å². The number of anilines is 1. The van der Waals surface area contributed by atoms with Crippen LogP contribution in [0.15, 0.2) is 24.5 Å². The Morgan fingerprint density at radius 1 is 1.50 bits per heavy atom. The van der Waals surface area contributed by atoms with E-state index in [1.54, 1.807) is 24.5 Å². The molecular formula is C7H10N2O. The van der Waals surface area contributed by atoms with Gasteiger partial charge in [0.05, 0.1) is 5.69 Å². The van der Waals surface area contributed by atoms with Gasteiger partial charge in [0.25, 0.3) is 0 Å². The van der Waals surface area contributed by atoms with E-state index in [0.717, 1.165) is 5.69 Å². The van der Waals surface area contributed by atoms with Crippen molar-refractivity contribution in [1.29, 1.82) is 0 Å². The average Bonchev–Trinajstić information content (AvgIpc) is 2.05. The van der Waals surface area contributed by atoms with Gasteiger partial charge in [-0.15, -0.1) is 0 Å². The summed E-state index contributed by atoms with van der Waals surface area (Å²) in [6.07, 6.45) is 3.29. The fourth-order valence-corrected chi connectivity index (χ4v) is 0.699. The highest BCUT2D eigenvalue weighted by Crippen LogP contribution is 2.07.